The standard InChI is InChI=1S/C13H16ClN3S/c1-13(2,3)17-11(15-16-12(17)18)8-9-6-4-5-7-10(9)14/h4-7H,8H2,1-3H3,(H,16,18). The molecule has 0 atom stereocenters. The van der Waals surface area contributed by atoms with Crippen LogP contribution in [-0.4, -0.2) is 14.8 Å². The number of aromatic amines is 1. The molecule has 0 unspecified atom stereocenters. The van der Waals surface area contributed by atoms with E-state index in [1.54, 1.807) is 0 Å². The predicted molar refractivity (Wildman–Crippen MR) is 76.7 cm³/mol. The summed E-state index contributed by atoms with van der Waals surface area (Å²) >= 11 is 11.5. The summed E-state index contributed by atoms with van der Waals surface area (Å²) in [7, 11) is 0. The molecule has 0 radical (unpaired) electrons. The van der Waals surface area contributed by atoms with Crippen molar-refractivity contribution >= 4 is 23.8 Å². The monoisotopic (exact) mass is 281 g/mol. The summed E-state index contributed by atoms with van der Waals surface area (Å²) in [5.74, 6) is 0.903. The van der Waals surface area contributed by atoms with Crippen molar-refractivity contribution in [1.29, 1.82) is 0 Å². The van der Waals surface area contributed by atoms with Gasteiger partial charge < -0.3 is 0 Å². The summed E-state index contributed by atoms with van der Waals surface area (Å²) < 4.78 is 2.68. The number of rotatable bonds is 2. The number of hydrogen-bond donors (Lipinski definition) is 1. The van der Waals surface area contributed by atoms with E-state index in [0.717, 1.165) is 16.4 Å². The van der Waals surface area contributed by atoms with E-state index in [4.69, 9.17) is 23.8 Å². The Labute approximate surface area is 117 Å². The van der Waals surface area contributed by atoms with Crippen LogP contribution in [0.3, 0.4) is 0 Å². The van der Waals surface area contributed by atoms with Crippen LogP contribution in [0.4, 0.5) is 0 Å². The lowest BCUT2D eigenvalue weighted by atomic mass is 10.1. The Bertz CT molecular complexity index is 607. The van der Waals surface area contributed by atoms with Gasteiger partial charge in [0.15, 0.2) is 4.77 Å². The maximum atomic E-state index is 6.17. The Morgan fingerprint density at radius 2 is 2.00 bits per heavy atom. The highest BCUT2D eigenvalue weighted by Gasteiger charge is 2.19. The van der Waals surface area contributed by atoms with Crippen molar-refractivity contribution in [2.24, 2.45) is 0 Å². The first-order valence-corrected chi connectivity index (χ1v) is 6.58. The maximum absolute atomic E-state index is 6.17. The molecule has 0 saturated heterocycles. The second-order valence-corrected chi connectivity index (χ2v) is 6.01. The van der Waals surface area contributed by atoms with Crippen molar-refractivity contribution in [2.75, 3.05) is 0 Å². The van der Waals surface area contributed by atoms with Crippen LogP contribution in [0.5, 0.6) is 0 Å². The molecule has 0 aliphatic rings. The number of H-pyrrole nitrogens is 1. The van der Waals surface area contributed by atoms with Gasteiger partial charge in [0.25, 0.3) is 0 Å². The Morgan fingerprint density at radius 1 is 1.33 bits per heavy atom. The van der Waals surface area contributed by atoms with Gasteiger partial charge in [0.2, 0.25) is 0 Å². The minimum absolute atomic E-state index is 0.0966. The van der Waals surface area contributed by atoms with E-state index in [1.807, 2.05) is 28.8 Å². The molecule has 3 nitrogen and oxygen atoms in total. The first-order chi connectivity index (χ1) is 8.39. The highest BCUT2D eigenvalue weighted by Crippen LogP contribution is 2.22. The molecule has 1 heterocycles. The van der Waals surface area contributed by atoms with Gasteiger partial charge in [-0.2, -0.15) is 5.10 Å². The van der Waals surface area contributed by atoms with Crippen molar-refractivity contribution in [3.63, 3.8) is 0 Å². The summed E-state index contributed by atoms with van der Waals surface area (Å²) in [6.07, 6.45) is 0.671. The van der Waals surface area contributed by atoms with Crippen LogP contribution >= 0.6 is 23.8 Å². The maximum Gasteiger partial charge on any atom is 0.195 e. The lowest BCUT2D eigenvalue weighted by Gasteiger charge is -2.22. The summed E-state index contributed by atoms with van der Waals surface area (Å²) in [6.45, 7) is 6.32. The second-order valence-electron chi connectivity index (χ2n) is 5.22. The van der Waals surface area contributed by atoms with Crippen LogP contribution in [0.1, 0.15) is 32.2 Å². The molecule has 1 N–H and O–H groups in total. The molecule has 5 heteroatoms. The molecule has 0 amide bonds. The molecule has 2 rings (SSSR count). The van der Waals surface area contributed by atoms with Crippen molar-refractivity contribution in [3.05, 3.63) is 45.4 Å². The molecule has 1 aromatic heterocycles. The van der Waals surface area contributed by atoms with Crippen LogP contribution < -0.4 is 0 Å². The minimum Gasteiger partial charge on any atom is -0.298 e. The van der Waals surface area contributed by atoms with Gasteiger partial charge in [-0.25, -0.2) is 0 Å². The minimum atomic E-state index is -0.0966. The highest BCUT2D eigenvalue weighted by atomic mass is 35.5. The molecule has 1 aromatic carbocycles. The third-order valence-corrected chi connectivity index (χ3v) is 3.36. The molecule has 0 aliphatic carbocycles. The lowest BCUT2D eigenvalue weighted by Crippen LogP contribution is -2.24. The predicted octanol–water partition coefficient (Wildman–Crippen LogP) is 3.94. The fraction of sp³-hybridized carbons (Fsp3) is 0.385. The van der Waals surface area contributed by atoms with E-state index in [9.17, 15) is 0 Å². The Hall–Kier alpha value is -1.13. The molecular weight excluding hydrogens is 266 g/mol. The van der Waals surface area contributed by atoms with Crippen LogP contribution in [0.2, 0.25) is 5.02 Å². The van der Waals surface area contributed by atoms with Crippen LogP contribution in [-0.2, 0) is 12.0 Å². The number of aromatic nitrogens is 3. The number of hydrogen-bond acceptors (Lipinski definition) is 2. The highest BCUT2D eigenvalue weighted by molar-refractivity contribution is 7.71. The molecule has 0 fully saturated rings. The first-order valence-electron chi connectivity index (χ1n) is 5.80. The van der Waals surface area contributed by atoms with Gasteiger partial charge >= 0.3 is 0 Å². The Morgan fingerprint density at radius 3 is 2.61 bits per heavy atom. The van der Waals surface area contributed by atoms with Gasteiger partial charge in [-0.1, -0.05) is 29.8 Å². The fourth-order valence-corrected chi connectivity index (χ4v) is 2.58. The van der Waals surface area contributed by atoms with E-state index in [0.29, 0.717) is 11.2 Å². The van der Waals surface area contributed by atoms with Gasteiger partial charge in [-0.05, 0) is 44.6 Å². The fourth-order valence-electron chi connectivity index (χ4n) is 1.95. The molecule has 0 bridgehead atoms. The topological polar surface area (TPSA) is 33.6 Å². The SMILES string of the molecule is CC(C)(C)n1c(Cc2ccccc2Cl)n[nH]c1=S. The summed E-state index contributed by atoms with van der Waals surface area (Å²) in [6, 6.07) is 7.79. The third kappa shape index (κ3) is 2.65. The van der Waals surface area contributed by atoms with Crippen molar-refractivity contribution in [3.8, 4) is 0 Å². The zero-order valence-corrected chi connectivity index (χ0v) is 12.3. The smallest absolute Gasteiger partial charge is 0.195 e. The van der Waals surface area contributed by atoms with Crippen molar-refractivity contribution in [2.45, 2.75) is 32.7 Å². The average Bonchev–Trinajstić information content (AvgIpc) is 2.62. The van der Waals surface area contributed by atoms with Crippen LogP contribution in [0, 0.1) is 4.77 Å². The van der Waals surface area contributed by atoms with E-state index in [1.165, 1.54) is 0 Å². The first kappa shape index (κ1) is 13.3. The van der Waals surface area contributed by atoms with Gasteiger partial charge in [-0.3, -0.25) is 9.67 Å². The van der Waals surface area contributed by atoms with Crippen LogP contribution in [0.15, 0.2) is 24.3 Å². The molecule has 0 aliphatic heterocycles. The van der Waals surface area contributed by atoms with Gasteiger partial charge in [0.05, 0.1) is 0 Å². The summed E-state index contributed by atoms with van der Waals surface area (Å²) in [4.78, 5) is 0. The van der Waals surface area contributed by atoms with E-state index in [-0.39, 0.29) is 5.54 Å². The largest absolute Gasteiger partial charge is 0.298 e. The molecule has 2 aromatic rings. The van der Waals surface area contributed by atoms with E-state index in [2.05, 4.69) is 31.0 Å². The number of benzene rings is 1. The van der Waals surface area contributed by atoms with Gasteiger partial charge in [0.1, 0.15) is 5.82 Å². The van der Waals surface area contributed by atoms with Crippen molar-refractivity contribution < 1.29 is 0 Å². The van der Waals surface area contributed by atoms with Gasteiger partial charge in [0, 0.05) is 17.0 Å². The Balaban J connectivity index is 2.43. The normalized spacial score (nSPS) is 11.8. The zero-order chi connectivity index (χ0) is 13.3. The summed E-state index contributed by atoms with van der Waals surface area (Å²) in [5.41, 5.74) is 0.958. The quantitative estimate of drug-likeness (QED) is 0.846. The van der Waals surface area contributed by atoms with Gasteiger partial charge in [-0.15, -0.1) is 0 Å². The molecule has 0 spiro atoms. The zero-order valence-electron chi connectivity index (χ0n) is 10.7. The van der Waals surface area contributed by atoms with Crippen LogP contribution in [0.25, 0.3) is 0 Å². The molecule has 18 heavy (non-hydrogen) atoms. The second kappa shape index (κ2) is 4.86. The van der Waals surface area contributed by atoms with E-state index < -0.39 is 0 Å². The third-order valence-electron chi connectivity index (χ3n) is 2.72. The number of halogens is 1. The Kier molecular flexibility index (Phi) is 3.59. The number of nitrogens with one attached hydrogen (secondary N) is 1. The number of nitrogens with zero attached hydrogens (tertiary/aromatic N) is 2. The molecule has 0 saturated carbocycles. The average molecular weight is 282 g/mol. The molecular formula is C13H16ClN3S. The lowest BCUT2D eigenvalue weighted by molar-refractivity contribution is 0.380. The summed E-state index contributed by atoms with van der Waals surface area (Å²) in [5, 5.41) is 7.92. The van der Waals surface area contributed by atoms with E-state index >= 15 is 0 Å². The van der Waals surface area contributed by atoms with Crippen molar-refractivity contribution in [1.82, 2.24) is 14.8 Å². The molecule has 96 valence electrons.